The highest BCUT2D eigenvalue weighted by Crippen LogP contribution is 2.21. The normalized spacial score (nSPS) is 13.2. The molecule has 0 spiro atoms. The number of aromatic nitrogens is 3. The Kier molecular flexibility index (Phi) is 3.59. The third-order valence-electron chi connectivity index (χ3n) is 2.71. The molecule has 92 valence electrons. The highest BCUT2D eigenvalue weighted by molar-refractivity contribution is 6.31. The lowest BCUT2D eigenvalue weighted by Crippen LogP contribution is -2.10. The predicted octanol–water partition coefficient (Wildman–Crippen LogP) is 2.65. The smallest absolute Gasteiger partial charge is 0.144 e. The number of hydrogen-bond donors (Lipinski definition) is 0. The highest BCUT2D eigenvalue weighted by atomic mass is 35.5. The maximum absolute atomic E-state index is 13.3. The molecule has 0 amide bonds. The van der Waals surface area contributed by atoms with E-state index in [-0.39, 0.29) is 11.1 Å². The Morgan fingerprint density at radius 2 is 2.29 bits per heavy atom. The predicted molar refractivity (Wildman–Crippen MR) is 63.6 cm³/mol. The number of methoxy groups -OCH3 is 1. The molecule has 0 aliphatic rings. The number of nitrogens with zero attached hydrogens (tertiary/aromatic N) is 3. The molecule has 0 radical (unpaired) electrons. The molecule has 0 fully saturated rings. The van der Waals surface area contributed by atoms with Gasteiger partial charge in [0.05, 0.1) is 16.6 Å². The molecule has 17 heavy (non-hydrogen) atoms. The van der Waals surface area contributed by atoms with Gasteiger partial charge in [0.15, 0.2) is 0 Å². The number of halogens is 2. The lowest BCUT2D eigenvalue weighted by atomic mass is 10.2. The van der Waals surface area contributed by atoms with Gasteiger partial charge in [0.1, 0.15) is 11.3 Å². The van der Waals surface area contributed by atoms with Gasteiger partial charge in [0, 0.05) is 19.7 Å². The molecule has 1 heterocycles. The van der Waals surface area contributed by atoms with Crippen molar-refractivity contribution in [2.45, 2.75) is 26.0 Å². The third-order valence-corrected chi connectivity index (χ3v) is 3.00. The van der Waals surface area contributed by atoms with E-state index in [4.69, 9.17) is 16.3 Å². The largest absolute Gasteiger partial charge is 0.382 e. The van der Waals surface area contributed by atoms with E-state index in [1.54, 1.807) is 11.8 Å². The molecule has 0 saturated heterocycles. The van der Waals surface area contributed by atoms with Crippen LogP contribution in [0.5, 0.6) is 0 Å². The second-order valence-electron chi connectivity index (χ2n) is 3.90. The summed E-state index contributed by atoms with van der Waals surface area (Å²) in [5.41, 5.74) is 1.25. The molecule has 1 aromatic heterocycles. The number of rotatable bonds is 4. The van der Waals surface area contributed by atoms with Crippen LogP contribution in [0.4, 0.5) is 4.39 Å². The van der Waals surface area contributed by atoms with E-state index in [0.717, 1.165) is 6.42 Å². The van der Waals surface area contributed by atoms with Gasteiger partial charge in [0.25, 0.3) is 0 Å². The van der Waals surface area contributed by atoms with Gasteiger partial charge < -0.3 is 4.74 Å². The van der Waals surface area contributed by atoms with E-state index in [1.807, 2.05) is 6.92 Å². The molecule has 0 N–H and O–H groups in total. The molecule has 0 saturated carbocycles. The van der Waals surface area contributed by atoms with E-state index in [9.17, 15) is 4.39 Å². The fourth-order valence-electron chi connectivity index (χ4n) is 1.55. The fourth-order valence-corrected chi connectivity index (χ4v) is 1.71. The number of aryl methyl sites for hydroxylation is 1. The topological polar surface area (TPSA) is 39.9 Å². The molecule has 2 aromatic rings. The van der Waals surface area contributed by atoms with Crippen LogP contribution in [0.1, 0.15) is 13.3 Å². The van der Waals surface area contributed by atoms with Crippen molar-refractivity contribution in [2.75, 3.05) is 7.11 Å². The molecule has 0 aliphatic carbocycles. The van der Waals surface area contributed by atoms with Gasteiger partial charge in [-0.25, -0.2) is 9.07 Å². The van der Waals surface area contributed by atoms with Crippen molar-refractivity contribution in [3.05, 3.63) is 23.0 Å². The maximum atomic E-state index is 13.3. The van der Waals surface area contributed by atoms with E-state index in [1.165, 1.54) is 12.1 Å². The van der Waals surface area contributed by atoms with Crippen LogP contribution >= 0.6 is 11.6 Å². The zero-order chi connectivity index (χ0) is 12.4. The van der Waals surface area contributed by atoms with Crippen molar-refractivity contribution >= 4 is 22.6 Å². The Bertz CT molecular complexity index is 529. The summed E-state index contributed by atoms with van der Waals surface area (Å²) >= 11 is 5.67. The summed E-state index contributed by atoms with van der Waals surface area (Å²) < 4.78 is 20.1. The first kappa shape index (κ1) is 12.3. The quantitative estimate of drug-likeness (QED) is 0.845. The minimum Gasteiger partial charge on any atom is -0.382 e. The van der Waals surface area contributed by atoms with Crippen molar-refractivity contribution in [3.63, 3.8) is 0 Å². The van der Waals surface area contributed by atoms with Crippen LogP contribution in [0.25, 0.3) is 11.0 Å². The average molecular weight is 258 g/mol. The summed E-state index contributed by atoms with van der Waals surface area (Å²) in [7, 11) is 1.66. The average Bonchev–Trinajstić information content (AvgIpc) is 2.69. The van der Waals surface area contributed by atoms with E-state index in [0.29, 0.717) is 17.6 Å². The first-order valence-corrected chi connectivity index (χ1v) is 5.70. The Hall–Kier alpha value is -1.20. The van der Waals surface area contributed by atoms with Crippen LogP contribution in [0.3, 0.4) is 0 Å². The fraction of sp³-hybridized carbons (Fsp3) is 0.455. The first-order valence-electron chi connectivity index (χ1n) is 5.33. The number of benzene rings is 1. The lowest BCUT2D eigenvalue weighted by molar-refractivity contribution is 0.106. The zero-order valence-corrected chi connectivity index (χ0v) is 10.4. The maximum Gasteiger partial charge on any atom is 0.144 e. The molecule has 0 aliphatic heterocycles. The van der Waals surface area contributed by atoms with Gasteiger partial charge in [-0.2, -0.15) is 0 Å². The SMILES string of the molecule is COC(C)CCn1nnc2cc(Cl)c(F)cc21. The van der Waals surface area contributed by atoms with Crippen molar-refractivity contribution < 1.29 is 9.13 Å². The molecule has 4 nitrogen and oxygen atoms in total. The Labute approximate surface area is 103 Å². The Morgan fingerprint density at radius 3 is 3.00 bits per heavy atom. The van der Waals surface area contributed by atoms with Crippen LogP contribution in [0.15, 0.2) is 12.1 Å². The zero-order valence-electron chi connectivity index (χ0n) is 9.65. The summed E-state index contributed by atoms with van der Waals surface area (Å²) in [5.74, 6) is -0.456. The third kappa shape index (κ3) is 2.56. The van der Waals surface area contributed by atoms with Crippen molar-refractivity contribution in [2.24, 2.45) is 0 Å². The molecule has 1 aromatic carbocycles. The summed E-state index contributed by atoms with van der Waals surface area (Å²) in [5, 5.41) is 7.98. The molecule has 1 unspecified atom stereocenters. The number of fused-ring (bicyclic) bond motifs is 1. The van der Waals surface area contributed by atoms with E-state index < -0.39 is 5.82 Å². The van der Waals surface area contributed by atoms with E-state index >= 15 is 0 Å². The monoisotopic (exact) mass is 257 g/mol. The molecular weight excluding hydrogens is 245 g/mol. The summed E-state index contributed by atoms with van der Waals surface area (Å²) in [6.07, 6.45) is 0.922. The van der Waals surface area contributed by atoms with Gasteiger partial charge in [-0.3, -0.25) is 0 Å². The van der Waals surface area contributed by atoms with Crippen LogP contribution in [-0.2, 0) is 11.3 Å². The molecule has 6 heteroatoms. The van der Waals surface area contributed by atoms with Crippen LogP contribution < -0.4 is 0 Å². The van der Waals surface area contributed by atoms with Gasteiger partial charge in [-0.05, 0) is 19.4 Å². The Morgan fingerprint density at radius 1 is 1.53 bits per heavy atom. The van der Waals surface area contributed by atoms with Crippen molar-refractivity contribution in [3.8, 4) is 0 Å². The minimum atomic E-state index is -0.456. The van der Waals surface area contributed by atoms with Crippen LogP contribution in [0, 0.1) is 5.82 Å². The van der Waals surface area contributed by atoms with Crippen LogP contribution in [-0.4, -0.2) is 28.2 Å². The second kappa shape index (κ2) is 4.98. The number of ether oxygens (including phenoxy) is 1. The van der Waals surface area contributed by atoms with Crippen LogP contribution in [0.2, 0.25) is 5.02 Å². The molecule has 1 atom stereocenters. The van der Waals surface area contributed by atoms with Crippen molar-refractivity contribution in [1.29, 1.82) is 0 Å². The Balaban J connectivity index is 2.26. The molecular formula is C11H13ClFN3O. The van der Waals surface area contributed by atoms with Crippen molar-refractivity contribution in [1.82, 2.24) is 15.0 Å². The summed E-state index contributed by atoms with van der Waals surface area (Å²) in [4.78, 5) is 0. The molecule has 0 bridgehead atoms. The van der Waals surface area contributed by atoms with Gasteiger partial charge in [0.2, 0.25) is 0 Å². The second-order valence-corrected chi connectivity index (χ2v) is 4.31. The molecule has 2 rings (SSSR count). The first-order chi connectivity index (χ1) is 8.11. The summed E-state index contributed by atoms with van der Waals surface area (Å²) in [6, 6.07) is 2.84. The minimum absolute atomic E-state index is 0.0646. The summed E-state index contributed by atoms with van der Waals surface area (Å²) in [6.45, 7) is 2.60. The standard InChI is InChI=1S/C11H13ClFN3O/c1-7(17-2)3-4-16-11-6-9(13)8(12)5-10(11)14-15-16/h5-7H,3-4H2,1-2H3. The number of hydrogen-bond acceptors (Lipinski definition) is 3. The lowest BCUT2D eigenvalue weighted by Gasteiger charge is -2.08. The van der Waals surface area contributed by atoms with Gasteiger partial charge in [-0.1, -0.05) is 16.8 Å². The van der Waals surface area contributed by atoms with Gasteiger partial charge in [-0.15, -0.1) is 5.10 Å². The highest BCUT2D eigenvalue weighted by Gasteiger charge is 2.10. The van der Waals surface area contributed by atoms with E-state index in [2.05, 4.69) is 10.3 Å². The van der Waals surface area contributed by atoms with Gasteiger partial charge >= 0.3 is 0 Å².